The van der Waals surface area contributed by atoms with Crippen LogP contribution in [-0.4, -0.2) is 27.8 Å². The Kier molecular flexibility index (Phi) is 6.48. The Bertz CT molecular complexity index is 941. The second-order valence-electron chi connectivity index (χ2n) is 5.22. The molecule has 0 bridgehead atoms. The van der Waals surface area contributed by atoms with Crippen LogP contribution in [0.25, 0.3) is 6.08 Å². The summed E-state index contributed by atoms with van der Waals surface area (Å²) in [6.07, 6.45) is 3.34. The average Bonchev–Trinajstić information content (AvgIpc) is 3.26. The summed E-state index contributed by atoms with van der Waals surface area (Å²) in [6.45, 7) is 3.98. The fourth-order valence-electron chi connectivity index (χ4n) is 2.18. The summed E-state index contributed by atoms with van der Waals surface area (Å²) in [7, 11) is 0. The van der Waals surface area contributed by atoms with Crippen molar-refractivity contribution in [2.45, 2.75) is 0 Å². The van der Waals surface area contributed by atoms with Gasteiger partial charge in [0.15, 0.2) is 4.32 Å². The highest BCUT2D eigenvalue weighted by atomic mass is 79.9. The molecule has 0 spiro atoms. The average molecular weight is 481 g/mol. The number of thioether (sulfide) groups is 1. The van der Waals surface area contributed by atoms with Crippen LogP contribution in [0.2, 0.25) is 0 Å². The minimum absolute atomic E-state index is 0.264. The molecule has 0 aliphatic carbocycles. The third-order valence-corrected chi connectivity index (χ3v) is 6.03. The predicted molar refractivity (Wildman–Crippen MR) is 117 cm³/mol. The van der Waals surface area contributed by atoms with Gasteiger partial charge in [-0.1, -0.05) is 46.4 Å². The van der Waals surface area contributed by atoms with Crippen LogP contribution in [-0.2, 0) is 4.79 Å². The maximum Gasteiger partial charge on any atom is 0.285 e. The van der Waals surface area contributed by atoms with Crippen LogP contribution in [0.3, 0.4) is 0 Å². The summed E-state index contributed by atoms with van der Waals surface area (Å²) in [4.78, 5) is 25.8. The van der Waals surface area contributed by atoms with E-state index in [4.69, 9.17) is 17.0 Å². The topological polar surface area (TPSA) is 58.6 Å². The number of halogens is 1. The number of thiocarbonyl (C=S) groups is 1. The number of ether oxygens (including phenoxy) is 1. The van der Waals surface area contributed by atoms with Gasteiger partial charge in [-0.2, -0.15) is 5.01 Å². The van der Waals surface area contributed by atoms with Gasteiger partial charge in [0.25, 0.3) is 11.8 Å². The van der Waals surface area contributed by atoms with Crippen LogP contribution < -0.4 is 10.2 Å². The van der Waals surface area contributed by atoms with Crippen LogP contribution in [0, 0.1) is 0 Å². The van der Waals surface area contributed by atoms with E-state index in [1.165, 1.54) is 11.3 Å². The molecule has 0 radical (unpaired) electrons. The van der Waals surface area contributed by atoms with E-state index in [-0.39, 0.29) is 16.1 Å². The Balaban J connectivity index is 1.83. The number of hydrazine groups is 1. The zero-order valence-electron chi connectivity index (χ0n) is 13.8. The van der Waals surface area contributed by atoms with E-state index in [9.17, 15) is 9.59 Å². The molecule has 27 heavy (non-hydrogen) atoms. The number of thiophene rings is 1. The number of benzene rings is 1. The predicted octanol–water partition coefficient (Wildman–Crippen LogP) is 4.62. The fraction of sp³-hybridized carbons (Fsp3) is 0.0556. The lowest BCUT2D eigenvalue weighted by atomic mass is 10.2. The molecular formula is C18H13BrN2O3S3. The van der Waals surface area contributed by atoms with Crippen molar-refractivity contribution in [1.82, 2.24) is 10.4 Å². The molecule has 0 atom stereocenters. The van der Waals surface area contributed by atoms with Gasteiger partial charge < -0.3 is 4.74 Å². The number of hydrogen-bond donors (Lipinski definition) is 1. The normalized spacial score (nSPS) is 15.3. The number of amides is 2. The number of carbonyl (C=O) groups is 2. The van der Waals surface area contributed by atoms with Crippen molar-refractivity contribution in [2.75, 3.05) is 6.61 Å². The molecule has 5 nitrogen and oxygen atoms in total. The van der Waals surface area contributed by atoms with Crippen LogP contribution >= 0.6 is 51.2 Å². The van der Waals surface area contributed by atoms with E-state index >= 15 is 0 Å². The summed E-state index contributed by atoms with van der Waals surface area (Å²) in [5, 5.41) is 2.88. The molecule has 1 aliphatic heterocycles. The van der Waals surface area contributed by atoms with Gasteiger partial charge in [-0.3, -0.25) is 15.0 Å². The summed E-state index contributed by atoms with van der Waals surface area (Å²) in [5.41, 5.74) is 3.27. The number of hydrogen-bond acceptors (Lipinski definition) is 6. The van der Waals surface area contributed by atoms with Crippen molar-refractivity contribution in [1.29, 1.82) is 0 Å². The molecule has 9 heteroatoms. The Hall–Kier alpha value is -1.94. The summed E-state index contributed by atoms with van der Waals surface area (Å²) >= 11 is 11.1. The van der Waals surface area contributed by atoms with Crippen molar-refractivity contribution >= 4 is 73.5 Å². The minimum Gasteiger partial charge on any atom is -0.489 e. The Labute approximate surface area is 178 Å². The standard InChI is InChI=1S/C18H13BrN2O3S3/c1-2-7-24-13-6-5-12(19)9-11(13)10-15-17(23)21(18(25)27-15)20-16(22)14-4-3-8-26-14/h2-6,8-10H,1,7H2,(H,20,22)/b15-10+. The van der Waals surface area contributed by atoms with Gasteiger partial charge in [-0.25, -0.2) is 0 Å². The third kappa shape index (κ3) is 4.67. The second-order valence-corrected chi connectivity index (χ2v) is 8.76. The highest BCUT2D eigenvalue weighted by Crippen LogP contribution is 2.34. The van der Waals surface area contributed by atoms with Gasteiger partial charge in [0.2, 0.25) is 0 Å². The quantitative estimate of drug-likeness (QED) is 0.371. The van der Waals surface area contributed by atoms with E-state index in [2.05, 4.69) is 27.9 Å². The highest BCUT2D eigenvalue weighted by Gasteiger charge is 2.34. The zero-order valence-corrected chi connectivity index (χ0v) is 17.8. The van der Waals surface area contributed by atoms with Crippen molar-refractivity contribution in [3.8, 4) is 5.75 Å². The monoisotopic (exact) mass is 480 g/mol. The molecule has 138 valence electrons. The molecule has 3 rings (SSSR count). The van der Waals surface area contributed by atoms with E-state index < -0.39 is 0 Å². The minimum atomic E-state index is -0.385. The van der Waals surface area contributed by atoms with Gasteiger partial charge in [-0.15, -0.1) is 11.3 Å². The van der Waals surface area contributed by atoms with Gasteiger partial charge in [0.1, 0.15) is 12.4 Å². The lowest BCUT2D eigenvalue weighted by Crippen LogP contribution is -2.44. The van der Waals surface area contributed by atoms with Gasteiger partial charge in [-0.05, 0) is 47.9 Å². The summed E-state index contributed by atoms with van der Waals surface area (Å²) in [6, 6.07) is 8.94. The number of carbonyl (C=O) groups excluding carboxylic acids is 2. The van der Waals surface area contributed by atoms with E-state index in [1.807, 2.05) is 12.1 Å². The SMILES string of the molecule is C=CCOc1ccc(Br)cc1/C=C1/SC(=S)N(NC(=O)c2cccs2)C1=O. The molecule has 0 unspecified atom stereocenters. The zero-order chi connectivity index (χ0) is 19.4. The first-order valence-electron chi connectivity index (χ1n) is 7.65. The molecule has 1 aromatic heterocycles. The van der Waals surface area contributed by atoms with Crippen molar-refractivity contribution in [3.63, 3.8) is 0 Å². The molecule has 2 aromatic rings. The van der Waals surface area contributed by atoms with Gasteiger partial charge in [0, 0.05) is 10.0 Å². The first kappa shape index (κ1) is 19.8. The van der Waals surface area contributed by atoms with Crippen LogP contribution in [0.5, 0.6) is 5.75 Å². The number of nitrogens with zero attached hydrogens (tertiary/aromatic N) is 1. The largest absolute Gasteiger partial charge is 0.489 e. The Morgan fingerprint density at radius 3 is 2.93 bits per heavy atom. The lowest BCUT2D eigenvalue weighted by molar-refractivity contribution is -0.123. The van der Waals surface area contributed by atoms with Crippen molar-refractivity contribution < 1.29 is 14.3 Å². The molecule has 2 heterocycles. The van der Waals surface area contributed by atoms with Gasteiger partial charge in [0.05, 0.1) is 9.78 Å². The molecule has 1 N–H and O–H groups in total. The molecule has 1 saturated heterocycles. The van der Waals surface area contributed by atoms with Crippen LogP contribution in [0.15, 0.2) is 57.7 Å². The molecule has 1 fully saturated rings. The highest BCUT2D eigenvalue weighted by molar-refractivity contribution is 9.10. The second kappa shape index (κ2) is 8.83. The van der Waals surface area contributed by atoms with E-state index in [0.29, 0.717) is 22.1 Å². The molecule has 0 saturated carbocycles. The Morgan fingerprint density at radius 1 is 1.41 bits per heavy atom. The maximum atomic E-state index is 12.7. The smallest absolute Gasteiger partial charge is 0.285 e. The van der Waals surface area contributed by atoms with E-state index in [1.54, 1.807) is 35.7 Å². The first-order chi connectivity index (χ1) is 13.0. The number of nitrogens with one attached hydrogen (secondary N) is 1. The van der Waals surface area contributed by atoms with Gasteiger partial charge >= 0.3 is 0 Å². The Morgan fingerprint density at radius 2 is 2.22 bits per heavy atom. The molecule has 2 amide bonds. The number of rotatable bonds is 6. The van der Waals surface area contributed by atoms with Crippen LogP contribution in [0.1, 0.15) is 15.2 Å². The molecular weight excluding hydrogens is 468 g/mol. The van der Waals surface area contributed by atoms with Crippen molar-refractivity contribution in [2.24, 2.45) is 0 Å². The first-order valence-corrected chi connectivity index (χ1v) is 10.5. The lowest BCUT2D eigenvalue weighted by Gasteiger charge is -2.14. The summed E-state index contributed by atoms with van der Waals surface area (Å²) < 4.78 is 6.75. The fourth-order valence-corrected chi connectivity index (χ4v) is 4.34. The van der Waals surface area contributed by atoms with E-state index in [0.717, 1.165) is 26.8 Å². The van der Waals surface area contributed by atoms with Crippen LogP contribution in [0.4, 0.5) is 0 Å². The molecule has 1 aliphatic rings. The third-order valence-electron chi connectivity index (χ3n) is 3.37. The van der Waals surface area contributed by atoms with Crippen molar-refractivity contribution in [3.05, 3.63) is 68.2 Å². The summed E-state index contributed by atoms with van der Waals surface area (Å²) in [5.74, 6) is -0.143. The maximum absolute atomic E-state index is 12.7. The molecule has 1 aromatic carbocycles.